The molecule has 0 radical (unpaired) electrons. The molecule has 0 saturated carbocycles. The summed E-state index contributed by atoms with van der Waals surface area (Å²) in [4.78, 5) is 12.0. The molecule has 2 nitrogen and oxygen atoms in total. The molecule has 1 amide bonds. The molecule has 0 bridgehead atoms. The molecule has 3 rings (SSSR count). The zero-order valence-electron chi connectivity index (χ0n) is 10.4. The molecule has 1 N–H and O–H groups in total. The average Bonchev–Trinajstić information content (AvgIpc) is 2.66. The third kappa shape index (κ3) is 2.27. The molecular weight excluding hydrogens is 258 g/mol. The molecule has 0 fully saturated rings. The van der Waals surface area contributed by atoms with Gasteiger partial charge >= 0.3 is 0 Å². The Kier molecular flexibility index (Phi) is 2.88. The number of anilines is 1. The third-order valence-corrected chi connectivity index (χ3v) is 3.35. The Bertz CT molecular complexity index is 704. The largest absolute Gasteiger partial charge is 0.321 e. The highest BCUT2D eigenvalue weighted by Crippen LogP contribution is 2.34. The quantitative estimate of drug-likeness (QED) is 0.775. The van der Waals surface area contributed by atoms with Gasteiger partial charge in [-0.05, 0) is 36.8 Å². The van der Waals surface area contributed by atoms with Gasteiger partial charge in [-0.15, -0.1) is 0 Å². The van der Waals surface area contributed by atoms with Crippen molar-refractivity contribution in [1.82, 2.24) is 0 Å². The summed E-state index contributed by atoms with van der Waals surface area (Å²) in [5.41, 5.74) is 4.51. The molecule has 0 atom stereocenters. The summed E-state index contributed by atoms with van der Waals surface area (Å²) >= 11 is 6.00. The van der Waals surface area contributed by atoms with Crippen LogP contribution in [-0.4, -0.2) is 5.91 Å². The van der Waals surface area contributed by atoms with Crippen LogP contribution in [0, 0.1) is 6.92 Å². The molecule has 0 aromatic heterocycles. The minimum Gasteiger partial charge on any atom is -0.321 e. The lowest BCUT2D eigenvalue weighted by Crippen LogP contribution is -2.03. The van der Waals surface area contributed by atoms with Gasteiger partial charge in [0, 0.05) is 21.8 Å². The van der Waals surface area contributed by atoms with E-state index in [1.54, 1.807) is 6.07 Å². The van der Waals surface area contributed by atoms with Crippen molar-refractivity contribution in [2.75, 3.05) is 5.32 Å². The molecule has 3 heteroatoms. The van der Waals surface area contributed by atoms with Crippen LogP contribution >= 0.6 is 11.6 Å². The van der Waals surface area contributed by atoms with Crippen LogP contribution in [0.5, 0.6) is 0 Å². The number of hydrogen-bond donors (Lipinski definition) is 1. The predicted octanol–water partition coefficient (Wildman–Crippen LogP) is 4.14. The van der Waals surface area contributed by atoms with Crippen molar-refractivity contribution in [1.29, 1.82) is 0 Å². The van der Waals surface area contributed by atoms with E-state index < -0.39 is 0 Å². The molecule has 0 saturated heterocycles. The van der Waals surface area contributed by atoms with Gasteiger partial charge in [-0.3, -0.25) is 4.79 Å². The molecule has 1 aliphatic rings. The Morgan fingerprint density at radius 2 is 2.00 bits per heavy atom. The van der Waals surface area contributed by atoms with E-state index in [0.717, 1.165) is 16.8 Å². The molecule has 0 spiro atoms. The lowest BCUT2D eigenvalue weighted by molar-refractivity contribution is -0.110. The predicted molar refractivity (Wildman–Crippen MR) is 79.1 cm³/mol. The average molecular weight is 270 g/mol. The minimum absolute atomic E-state index is 0.0845. The second-order valence-corrected chi connectivity index (χ2v) is 5.05. The van der Waals surface area contributed by atoms with Gasteiger partial charge < -0.3 is 5.32 Å². The molecular formula is C16H12ClNO. The summed E-state index contributed by atoms with van der Waals surface area (Å²) in [6.07, 6.45) is 1.89. The minimum atomic E-state index is -0.0845. The summed E-state index contributed by atoms with van der Waals surface area (Å²) < 4.78 is 0. The van der Waals surface area contributed by atoms with Crippen LogP contribution in [0.4, 0.5) is 5.69 Å². The summed E-state index contributed by atoms with van der Waals surface area (Å²) in [5, 5.41) is 3.47. The number of carbonyl (C=O) groups is 1. The van der Waals surface area contributed by atoms with E-state index in [-0.39, 0.29) is 5.91 Å². The van der Waals surface area contributed by atoms with Crippen molar-refractivity contribution in [3.8, 4) is 0 Å². The van der Waals surface area contributed by atoms with Crippen molar-refractivity contribution < 1.29 is 4.79 Å². The van der Waals surface area contributed by atoms with E-state index in [4.69, 9.17) is 11.6 Å². The van der Waals surface area contributed by atoms with Crippen LogP contribution in [0.25, 0.3) is 11.6 Å². The highest BCUT2D eigenvalue weighted by atomic mass is 35.5. The van der Waals surface area contributed by atoms with Crippen LogP contribution in [0.3, 0.4) is 0 Å². The Labute approximate surface area is 116 Å². The summed E-state index contributed by atoms with van der Waals surface area (Å²) in [7, 11) is 0. The van der Waals surface area contributed by atoms with Crippen LogP contribution in [-0.2, 0) is 4.79 Å². The van der Waals surface area contributed by atoms with Gasteiger partial charge in [-0.1, -0.05) is 41.4 Å². The number of rotatable bonds is 1. The van der Waals surface area contributed by atoms with Gasteiger partial charge in [0.15, 0.2) is 0 Å². The molecule has 19 heavy (non-hydrogen) atoms. The number of fused-ring (bicyclic) bond motifs is 1. The molecule has 0 unspecified atom stereocenters. The molecule has 1 heterocycles. The first kappa shape index (κ1) is 12.0. The van der Waals surface area contributed by atoms with Gasteiger partial charge in [0.1, 0.15) is 0 Å². The normalized spacial score (nSPS) is 15.5. The second kappa shape index (κ2) is 4.56. The van der Waals surface area contributed by atoms with Gasteiger partial charge in [-0.2, -0.15) is 0 Å². The summed E-state index contributed by atoms with van der Waals surface area (Å²) in [6.45, 7) is 2.03. The maximum Gasteiger partial charge on any atom is 0.256 e. The SMILES string of the molecule is Cc1cccc(/C=C2\C(=O)Nc3ccc(Cl)cc32)c1. The number of aryl methyl sites for hydroxylation is 1. The Hall–Kier alpha value is -2.06. The van der Waals surface area contributed by atoms with E-state index in [9.17, 15) is 4.79 Å². The highest BCUT2D eigenvalue weighted by Gasteiger charge is 2.23. The van der Waals surface area contributed by atoms with Crippen LogP contribution in [0.2, 0.25) is 5.02 Å². The van der Waals surface area contributed by atoms with E-state index in [2.05, 4.69) is 5.32 Å². The summed E-state index contributed by atoms with van der Waals surface area (Å²) in [5.74, 6) is -0.0845. The highest BCUT2D eigenvalue weighted by molar-refractivity contribution is 6.36. The van der Waals surface area contributed by atoms with Gasteiger partial charge in [0.25, 0.3) is 5.91 Å². The van der Waals surface area contributed by atoms with Crippen LogP contribution in [0.15, 0.2) is 42.5 Å². The fourth-order valence-electron chi connectivity index (χ4n) is 2.23. The first-order valence-electron chi connectivity index (χ1n) is 6.03. The fourth-order valence-corrected chi connectivity index (χ4v) is 2.40. The van der Waals surface area contributed by atoms with Crippen molar-refractivity contribution >= 4 is 34.8 Å². The van der Waals surface area contributed by atoms with E-state index in [1.165, 1.54) is 5.56 Å². The zero-order valence-corrected chi connectivity index (χ0v) is 11.2. The molecule has 2 aromatic carbocycles. The van der Waals surface area contributed by atoms with Crippen LogP contribution in [0.1, 0.15) is 16.7 Å². The number of amides is 1. The Morgan fingerprint density at radius 3 is 2.79 bits per heavy atom. The van der Waals surface area contributed by atoms with E-state index >= 15 is 0 Å². The van der Waals surface area contributed by atoms with Gasteiger partial charge in [-0.25, -0.2) is 0 Å². The monoisotopic (exact) mass is 269 g/mol. The number of carbonyl (C=O) groups excluding carboxylic acids is 1. The van der Waals surface area contributed by atoms with Gasteiger partial charge in [0.2, 0.25) is 0 Å². The second-order valence-electron chi connectivity index (χ2n) is 4.62. The van der Waals surface area contributed by atoms with Crippen molar-refractivity contribution in [2.45, 2.75) is 6.92 Å². The van der Waals surface area contributed by atoms with Crippen molar-refractivity contribution in [3.63, 3.8) is 0 Å². The molecule has 2 aromatic rings. The maximum absolute atomic E-state index is 12.0. The molecule has 0 aliphatic carbocycles. The van der Waals surface area contributed by atoms with E-state index in [1.807, 2.05) is 49.4 Å². The van der Waals surface area contributed by atoms with Crippen molar-refractivity contribution in [2.24, 2.45) is 0 Å². The molecule has 94 valence electrons. The standard InChI is InChI=1S/C16H12ClNO/c1-10-3-2-4-11(7-10)8-14-13-9-12(17)5-6-15(13)18-16(14)19/h2-9H,1H3,(H,18,19)/b14-8-. The summed E-state index contributed by atoms with van der Waals surface area (Å²) in [6, 6.07) is 13.5. The maximum atomic E-state index is 12.0. The van der Waals surface area contributed by atoms with Gasteiger partial charge in [0.05, 0.1) is 0 Å². The van der Waals surface area contributed by atoms with E-state index in [0.29, 0.717) is 10.6 Å². The number of nitrogens with one attached hydrogen (secondary N) is 1. The Morgan fingerprint density at radius 1 is 1.16 bits per heavy atom. The topological polar surface area (TPSA) is 29.1 Å². The smallest absolute Gasteiger partial charge is 0.256 e. The Balaban J connectivity index is 2.11. The molecule has 1 aliphatic heterocycles. The zero-order chi connectivity index (χ0) is 13.4. The number of benzene rings is 2. The first-order chi connectivity index (χ1) is 9.13. The van der Waals surface area contributed by atoms with Crippen molar-refractivity contribution in [3.05, 3.63) is 64.2 Å². The number of halogens is 1. The lowest BCUT2D eigenvalue weighted by Gasteiger charge is -2.00. The van der Waals surface area contributed by atoms with Crippen LogP contribution < -0.4 is 5.32 Å². The lowest BCUT2D eigenvalue weighted by atomic mass is 10.0. The first-order valence-corrected chi connectivity index (χ1v) is 6.41. The fraction of sp³-hybridized carbons (Fsp3) is 0.0625. The third-order valence-electron chi connectivity index (χ3n) is 3.12. The number of hydrogen-bond acceptors (Lipinski definition) is 1.